The number of para-hydroxylation sites is 1. The molecule has 4 heteroatoms. The molecule has 0 saturated heterocycles. The summed E-state index contributed by atoms with van der Waals surface area (Å²) in [5.41, 5.74) is 0.833. The molecule has 1 unspecified atom stereocenters. The van der Waals surface area contributed by atoms with E-state index in [1.54, 1.807) is 18.3 Å². The monoisotopic (exact) mass is 277 g/mol. The van der Waals surface area contributed by atoms with E-state index in [0.29, 0.717) is 18.8 Å². The van der Waals surface area contributed by atoms with Crippen molar-refractivity contribution < 1.29 is 10.2 Å². The summed E-state index contributed by atoms with van der Waals surface area (Å²) < 4.78 is 0. The minimum Gasteiger partial charge on any atom is -0.507 e. The molecule has 0 amide bonds. The largest absolute Gasteiger partial charge is 0.507 e. The first-order valence-corrected chi connectivity index (χ1v) is 7.13. The zero-order chi connectivity index (χ0) is 13.9. The Labute approximate surface area is 117 Å². The number of phenols is 1. The van der Waals surface area contributed by atoms with Gasteiger partial charge in [-0.2, -0.15) is 0 Å². The van der Waals surface area contributed by atoms with Crippen molar-refractivity contribution in [3.8, 4) is 5.75 Å². The van der Waals surface area contributed by atoms with Gasteiger partial charge in [0.25, 0.3) is 0 Å². The van der Waals surface area contributed by atoms with Crippen LogP contribution in [0.3, 0.4) is 0 Å². The van der Waals surface area contributed by atoms with Crippen LogP contribution in [-0.4, -0.2) is 16.8 Å². The number of rotatable bonds is 5. The van der Waals surface area contributed by atoms with Crippen LogP contribution in [0.2, 0.25) is 0 Å². The Balaban J connectivity index is 1.95. The van der Waals surface area contributed by atoms with Crippen LogP contribution >= 0.6 is 11.3 Å². The molecule has 0 saturated carbocycles. The molecule has 2 aromatic rings. The maximum Gasteiger partial charge on any atom is 0.122 e. The molecule has 0 aliphatic heterocycles. The Morgan fingerprint density at radius 2 is 2.05 bits per heavy atom. The van der Waals surface area contributed by atoms with E-state index >= 15 is 0 Å². The zero-order valence-electron chi connectivity index (χ0n) is 11.2. The van der Waals surface area contributed by atoms with E-state index in [9.17, 15) is 10.2 Å². The van der Waals surface area contributed by atoms with Gasteiger partial charge in [0.15, 0.2) is 0 Å². The summed E-state index contributed by atoms with van der Waals surface area (Å²) in [5.74, 6) is 0.325. The summed E-state index contributed by atoms with van der Waals surface area (Å²) in [5, 5.41) is 25.4. The highest BCUT2D eigenvalue weighted by Crippen LogP contribution is 2.25. The van der Waals surface area contributed by atoms with Crippen LogP contribution in [-0.2, 0) is 12.1 Å². The molecule has 1 aromatic heterocycles. The summed E-state index contributed by atoms with van der Waals surface area (Å²) in [7, 11) is 0. The molecule has 102 valence electrons. The lowest BCUT2D eigenvalue weighted by atomic mass is 10.0. The van der Waals surface area contributed by atoms with Gasteiger partial charge in [-0.1, -0.05) is 24.3 Å². The molecule has 19 heavy (non-hydrogen) atoms. The average molecular weight is 277 g/mol. The fourth-order valence-electron chi connectivity index (χ4n) is 1.98. The van der Waals surface area contributed by atoms with Crippen molar-refractivity contribution in [2.75, 3.05) is 6.54 Å². The van der Waals surface area contributed by atoms with Crippen LogP contribution in [0.25, 0.3) is 0 Å². The summed E-state index contributed by atoms with van der Waals surface area (Å²) in [6.07, 6.45) is 0. The molecule has 0 aliphatic carbocycles. The topological polar surface area (TPSA) is 52.5 Å². The van der Waals surface area contributed by atoms with E-state index in [4.69, 9.17) is 0 Å². The van der Waals surface area contributed by atoms with Gasteiger partial charge in [0.2, 0.25) is 0 Å². The number of thiophene rings is 1. The standard InChI is InChI=1S/C15H19NO2S/c1-11-5-3-6-12(14(11)17)9-16-10-15(2,18)13-7-4-8-19-13/h3-8,16-18H,9-10H2,1-2H3. The van der Waals surface area contributed by atoms with Crippen molar-refractivity contribution in [1.29, 1.82) is 0 Å². The summed E-state index contributed by atoms with van der Waals surface area (Å²) in [6.45, 7) is 4.65. The normalized spacial score (nSPS) is 14.3. The van der Waals surface area contributed by atoms with Crippen molar-refractivity contribution in [3.05, 3.63) is 51.7 Å². The van der Waals surface area contributed by atoms with Gasteiger partial charge >= 0.3 is 0 Å². The van der Waals surface area contributed by atoms with Crippen molar-refractivity contribution in [3.63, 3.8) is 0 Å². The van der Waals surface area contributed by atoms with Gasteiger partial charge in [0, 0.05) is 23.5 Å². The van der Waals surface area contributed by atoms with E-state index < -0.39 is 5.60 Å². The van der Waals surface area contributed by atoms with E-state index in [2.05, 4.69) is 5.32 Å². The lowest BCUT2D eigenvalue weighted by Crippen LogP contribution is -2.34. The van der Waals surface area contributed by atoms with Crippen LogP contribution in [0, 0.1) is 6.92 Å². The van der Waals surface area contributed by atoms with E-state index in [-0.39, 0.29) is 0 Å². The molecule has 1 heterocycles. The number of aromatic hydroxyl groups is 1. The predicted molar refractivity (Wildman–Crippen MR) is 78.4 cm³/mol. The molecule has 2 rings (SSSR count). The number of hydrogen-bond acceptors (Lipinski definition) is 4. The Kier molecular flexibility index (Phi) is 4.24. The lowest BCUT2D eigenvalue weighted by Gasteiger charge is -2.22. The number of nitrogens with one attached hydrogen (secondary N) is 1. The Hall–Kier alpha value is -1.36. The second kappa shape index (κ2) is 5.74. The third kappa shape index (κ3) is 3.35. The van der Waals surface area contributed by atoms with Gasteiger partial charge < -0.3 is 15.5 Å². The van der Waals surface area contributed by atoms with Crippen molar-refractivity contribution >= 4 is 11.3 Å². The Morgan fingerprint density at radius 1 is 1.26 bits per heavy atom. The maximum absolute atomic E-state index is 10.4. The first-order valence-electron chi connectivity index (χ1n) is 6.25. The van der Waals surface area contributed by atoms with Gasteiger partial charge in [-0.25, -0.2) is 0 Å². The highest BCUT2D eigenvalue weighted by atomic mass is 32.1. The smallest absolute Gasteiger partial charge is 0.122 e. The summed E-state index contributed by atoms with van der Waals surface area (Å²) >= 11 is 1.54. The highest BCUT2D eigenvalue weighted by molar-refractivity contribution is 7.10. The SMILES string of the molecule is Cc1cccc(CNCC(C)(O)c2cccs2)c1O. The zero-order valence-corrected chi connectivity index (χ0v) is 12.0. The third-order valence-electron chi connectivity index (χ3n) is 3.16. The van der Waals surface area contributed by atoms with Gasteiger partial charge in [-0.3, -0.25) is 0 Å². The average Bonchev–Trinajstić information content (AvgIpc) is 2.89. The van der Waals surface area contributed by atoms with Crippen LogP contribution in [0.15, 0.2) is 35.7 Å². The van der Waals surface area contributed by atoms with Gasteiger partial charge in [-0.05, 0) is 30.9 Å². The first-order chi connectivity index (χ1) is 9.00. The second-order valence-corrected chi connectivity index (χ2v) is 5.89. The predicted octanol–water partition coefficient (Wildman–Crippen LogP) is 2.76. The molecule has 0 bridgehead atoms. The maximum atomic E-state index is 10.4. The molecule has 0 spiro atoms. The number of benzene rings is 1. The van der Waals surface area contributed by atoms with Crippen molar-refractivity contribution in [2.45, 2.75) is 26.0 Å². The summed E-state index contributed by atoms with van der Waals surface area (Å²) in [6, 6.07) is 9.54. The second-order valence-electron chi connectivity index (χ2n) is 4.94. The van der Waals surface area contributed by atoms with Gasteiger partial charge in [-0.15, -0.1) is 11.3 Å². The minimum atomic E-state index is -0.881. The molecule has 1 atom stereocenters. The van der Waals surface area contributed by atoms with Gasteiger partial charge in [0.05, 0.1) is 0 Å². The Morgan fingerprint density at radius 3 is 2.74 bits per heavy atom. The number of hydrogen-bond donors (Lipinski definition) is 3. The van der Waals surface area contributed by atoms with E-state index in [1.807, 2.05) is 42.6 Å². The van der Waals surface area contributed by atoms with E-state index in [0.717, 1.165) is 16.0 Å². The van der Waals surface area contributed by atoms with Gasteiger partial charge in [0.1, 0.15) is 11.4 Å². The minimum absolute atomic E-state index is 0.325. The first kappa shape index (κ1) is 14.1. The van der Waals surface area contributed by atoms with Crippen LogP contribution in [0.4, 0.5) is 0 Å². The third-order valence-corrected chi connectivity index (χ3v) is 4.28. The fraction of sp³-hybridized carbons (Fsp3) is 0.333. The molecule has 0 aliphatic rings. The summed E-state index contributed by atoms with van der Waals surface area (Å²) in [4.78, 5) is 0.938. The molecule has 3 N–H and O–H groups in total. The van der Waals surface area contributed by atoms with Crippen molar-refractivity contribution in [2.24, 2.45) is 0 Å². The van der Waals surface area contributed by atoms with E-state index in [1.165, 1.54) is 0 Å². The molecular weight excluding hydrogens is 258 g/mol. The Bertz CT molecular complexity index is 535. The molecule has 3 nitrogen and oxygen atoms in total. The quantitative estimate of drug-likeness (QED) is 0.787. The molecular formula is C15H19NO2S. The number of aryl methyl sites for hydroxylation is 1. The molecule has 1 aromatic carbocycles. The van der Waals surface area contributed by atoms with Crippen LogP contribution in [0.5, 0.6) is 5.75 Å². The molecule has 0 radical (unpaired) electrons. The van der Waals surface area contributed by atoms with Crippen molar-refractivity contribution in [1.82, 2.24) is 5.32 Å². The number of phenolic OH excluding ortho intramolecular Hbond substituents is 1. The molecule has 0 fully saturated rings. The van der Waals surface area contributed by atoms with Crippen LogP contribution < -0.4 is 5.32 Å². The lowest BCUT2D eigenvalue weighted by molar-refractivity contribution is 0.0604. The highest BCUT2D eigenvalue weighted by Gasteiger charge is 2.23. The number of aliphatic hydroxyl groups is 1. The fourth-order valence-corrected chi connectivity index (χ4v) is 2.76. The van der Waals surface area contributed by atoms with Crippen LogP contribution in [0.1, 0.15) is 22.9 Å².